The summed E-state index contributed by atoms with van der Waals surface area (Å²) in [6, 6.07) is 0. The van der Waals surface area contributed by atoms with Crippen LogP contribution in [0.1, 0.15) is 113 Å². The Hall–Kier alpha value is -0.300. The van der Waals surface area contributed by atoms with Gasteiger partial charge in [0.05, 0.1) is 6.10 Å². The average Bonchev–Trinajstić information content (AvgIpc) is 2.69. The highest BCUT2D eigenvalue weighted by Crippen LogP contribution is 2.76. The first-order chi connectivity index (χ1) is 14.3. The summed E-state index contributed by atoms with van der Waals surface area (Å²) in [5.41, 5.74) is 3.43. The molecule has 10 atom stereocenters. The van der Waals surface area contributed by atoms with Crippen LogP contribution in [0.3, 0.4) is 0 Å². The predicted molar refractivity (Wildman–Crippen MR) is 131 cm³/mol. The topological polar surface area (TPSA) is 20.2 Å². The SMILES string of the molecule is C=C1CC[C@@]2(C)CC[C@@]3(C)[C@H](CC[C@H]4[C@]5(C)CC[C@@H](O)C(C)(C)[C@H]5CC[C@@]43C)[C@H]2[C@H]1C. The third kappa shape index (κ3) is 2.65. The Bertz CT molecular complexity index is 766. The van der Waals surface area contributed by atoms with Gasteiger partial charge in [0.25, 0.3) is 0 Å². The largest absolute Gasteiger partial charge is 0.393 e. The standard InChI is InChI=1S/C30H50O/c1-19-11-14-27(5)17-18-29(7)21(25(27)20(19)2)9-10-23-28(6)15-13-24(31)26(3,4)22(28)12-16-30(23,29)8/h20-25,31H,1,9-18H2,2-8H3/t20-,21+,22+,23-,24+,25+,27-,28+,29-,30-/m0/s1. The summed E-state index contributed by atoms with van der Waals surface area (Å²) in [6.45, 7) is 22.6. The summed E-state index contributed by atoms with van der Waals surface area (Å²) in [4.78, 5) is 0. The van der Waals surface area contributed by atoms with Crippen molar-refractivity contribution in [3.63, 3.8) is 0 Å². The van der Waals surface area contributed by atoms with Gasteiger partial charge in [0.15, 0.2) is 0 Å². The zero-order valence-corrected chi connectivity index (χ0v) is 21.7. The van der Waals surface area contributed by atoms with Crippen LogP contribution >= 0.6 is 0 Å². The minimum absolute atomic E-state index is 0.0623. The van der Waals surface area contributed by atoms with Gasteiger partial charge in [-0.05, 0) is 121 Å². The van der Waals surface area contributed by atoms with E-state index in [9.17, 15) is 5.11 Å². The highest BCUT2D eigenvalue weighted by Gasteiger charge is 2.69. The molecule has 0 radical (unpaired) electrons. The molecular weight excluding hydrogens is 376 g/mol. The molecule has 1 heteroatoms. The maximum atomic E-state index is 10.9. The monoisotopic (exact) mass is 426 g/mol. The molecule has 0 aromatic heterocycles. The maximum absolute atomic E-state index is 10.9. The van der Waals surface area contributed by atoms with Gasteiger partial charge in [-0.1, -0.05) is 60.6 Å². The molecule has 0 heterocycles. The molecule has 1 nitrogen and oxygen atoms in total. The number of hydrogen-bond acceptors (Lipinski definition) is 1. The second kappa shape index (κ2) is 6.64. The van der Waals surface area contributed by atoms with E-state index in [4.69, 9.17) is 0 Å². The normalized spacial score (nSPS) is 58.5. The fourth-order valence-corrected chi connectivity index (χ4v) is 11.4. The van der Waals surface area contributed by atoms with Crippen LogP contribution in [0.25, 0.3) is 0 Å². The lowest BCUT2D eigenvalue weighted by molar-refractivity contribution is -0.251. The van der Waals surface area contributed by atoms with Crippen LogP contribution in [0.2, 0.25) is 0 Å². The number of rotatable bonds is 0. The van der Waals surface area contributed by atoms with Gasteiger partial charge >= 0.3 is 0 Å². The smallest absolute Gasteiger partial charge is 0.0594 e. The Labute approximate surface area is 192 Å². The van der Waals surface area contributed by atoms with Crippen molar-refractivity contribution in [3.8, 4) is 0 Å². The summed E-state index contributed by atoms with van der Waals surface area (Å²) in [5.74, 6) is 3.88. The van der Waals surface area contributed by atoms with Gasteiger partial charge in [0, 0.05) is 0 Å². The fourth-order valence-electron chi connectivity index (χ4n) is 11.4. The molecule has 5 fully saturated rings. The number of fused-ring (bicyclic) bond motifs is 7. The average molecular weight is 427 g/mol. The maximum Gasteiger partial charge on any atom is 0.0594 e. The first-order valence-electron chi connectivity index (χ1n) is 13.7. The van der Waals surface area contributed by atoms with Gasteiger partial charge in [-0.25, -0.2) is 0 Å². The summed E-state index contributed by atoms with van der Waals surface area (Å²) in [6.07, 6.45) is 13.2. The lowest BCUT2D eigenvalue weighted by Crippen LogP contribution is -2.67. The lowest BCUT2D eigenvalue weighted by Gasteiger charge is -2.73. The molecule has 5 saturated carbocycles. The molecule has 5 aliphatic rings. The van der Waals surface area contributed by atoms with Crippen LogP contribution < -0.4 is 0 Å². The van der Waals surface area contributed by atoms with Crippen LogP contribution in [-0.2, 0) is 0 Å². The Kier molecular flexibility index (Phi) is 4.82. The highest BCUT2D eigenvalue weighted by molar-refractivity contribution is 5.21. The van der Waals surface area contributed by atoms with E-state index in [1.807, 2.05) is 0 Å². The molecule has 0 saturated heterocycles. The molecule has 0 aromatic carbocycles. The zero-order chi connectivity index (χ0) is 22.6. The van der Waals surface area contributed by atoms with E-state index in [-0.39, 0.29) is 11.5 Å². The van der Waals surface area contributed by atoms with Crippen LogP contribution in [-0.4, -0.2) is 11.2 Å². The van der Waals surface area contributed by atoms with Gasteiger partial charge in [-0.15, -0.1) is 0 Å². The van der Waals surface area contributed by atoms with Crippen LogP contribution in [0.5, 0.6) is 0 Å². The van der Waals surface area contributed by atoms with Gasteiger partial charge in [0.2, 0.25) is 0 Å². The Morgan fingerprint density at radius 1 is 0.774 bits per heavy atom. The molecule has 0 amide bonds. The number of allylic oxidation sites excluding steroid dienone is 1. The lowest BCUT2D eigenvalue weighted by atomic mass is 9.31. The van der Waals surface area contributed by atoms with Crippen molar-refractivity contribution in [1.29, 1.82) is 0 Å². The molecule has 0 unspecified atom stereocenters. The van der Waals surface area contributed by atoms with Crippen LogP contribution in [0.15, 0.2) is 12.2 Å². The van der Waals surface area contributed by atoms with Crippen molar-refractivity contribution in [1.82, 2.24) is 0 Å². The molecule has 5 rings (SSSR count). The third-order valence-electron chi connectivity index (χ3n) is 13.6. The Morgan fingerprint density at radius 2 is 1.48 bits per heavy atom. The van der Waals surface area contributed by atoms with E-state index < -0.39 is 0 Å². The van der Waals surface area contributed by atoms with Gasteiger partial charge in [-0.3, -0.25) is 0 Å². The number of aliphatic hydroxyl groups excluding tert-OH is 1. The van der Waals surface area contributed by atoms with E-state index in [0.29, 0.717) is 33.5 Å². The van der Waals surface area contributed by atoms with Crippen molar-refractivity contribution < 1.29 is 5.11 Å². The summed E-state index contributed by atoms with van der Waals surface area (Å²) in [5, 5.41) is 10.9. The van der Waals surface area contributed by atoms with Gasteiger partial charge in [0.1, 0.15) is 0 Å². The van der Waals surface area contributed by atoms with Crippen molar-refractivity contribution >= 4 is 0 Å². The van der Waals surface area contributed by atoms with E-state index in [0.717, 1.165) is 24.2 Å². The first kappa shape index (κ1) is 22.5. The van der Waals surface area contributed by atoms with E-state index in [2.05, 4.69) is 55.0 Å². The minimum atomic E-state index is -0.119. The molecule has 0 aliphatic heterocycles. The highest BCUT2D eigenvalue weighted by atomic mass is 16.3. The van der Waals surface area contributed by atoms with Crippen molar-refractivity contribution in [2.75, 3.05) is 0 Å². The number of hydrogen-bond donors (Lipinski definition) is 1. The van der Waals surface area contributed by atoms with Crippen LogP contribution in [0.4, 0.5) is 0 Å². The second-order valence-electron chi connectivity index (χ2n) is 14.7. The van der Waals surface area contributed by atoms with Crippen molar-refractivity contribution in [3.05, 3.63) is 12.2 Å². The molecule has 0 bridgehead atoms. The molecule has 0 spiro atoms. The Balaban J connectivity index is 1.54. The zero-order valence-electron chi connectivity index (χ0n) is 21.7. The first-order valence-corrected chi connectivity index (χ1v) is 13.7. The molecule has 31 heavy (non-hydrogen) atoms. The predicted octanol–water partition coefficient (Wildman–Crippen LogP) is 8.02. The number of aliphatic hydroxyl groups is 1. The van der Waals surface area contributed by atoms with Crippen molar-refractivity contribution in [2.24, 2.45) is 56.7 Å². The molecular formula is C30H50O. The van der Waals surface area contributed by atoms with Gasteiger partial charge < -0.3 is 5.11 Å². The molecule has 1 N–H and O–H groups in total. The van der Waals surface area contributed by atoms with E-state index in [1.54, 1.807) is 0 Å². The summed E-state index contributed by atoms with van der Waals surface area (Å²) >= 11 is 0. The molecule has 176 valence electrons. The Morgan fingerprint density at radius 3 is 2.19 bits per heavy atom. The van der Waals surface area contributed by atoms with Gasteiger partial charge in [-0.2, -0.15) is 0 Å². The van der Waals surface area contributed by atoms with Crippen LogP contribution in [0, 0.1) is 56.7 Å². The molecule has 0 aromatic rings. The molecule has 5 aliphatic carbocycles. The second-order valence-corrected chi connectivity index (χ2v) is 14.7. The summed E-state index contributed by atoms with van der Waals surface area (Å²) in [7, 11) is 0. The third-order valence-corrected chi connectivity index (χ3v) is 13.6. The minimum Gasteiger partial charge on any atom is -0.393 e. The quantitative estimate of drug-likeness (QED) is 0.389. The van der Waals surface area contributed by atoms with Crippen molar-refractivity contribution in [2.45, 2.75) is 119 Å². The van der Waals surface area contributed by atoms with E-state index >= 15 is 0 Å². The fraction of sp³-hybridized carbons (Fsp3) is 0.933. The summed E-state index contributed by atoms with van der Waals surface area (Å²) < 4.78 is 0. The van der Waals surface area contributed by atoms with E-state index in [1.165, 1.54) is 63.4 Å².